The summed E-state index contributed by atoms with van der Waals surface area (Å²) in [6.45, 7) is 3.75. The number of benzene rings is 1. The summed E-state index contributed by atoms with van der Waals surface area (Å²) in [4.78, 5) is 26.5. The molecule has 0 heterocycles. The Morgan fingerprint density at radius 1 is 1.24 bits per heavy atom. The van der Waals surface area contributed by atoms with Crippen LogP contribution in [0.15, 0.2) is 24.3 Å². The van der Waals surface area contributed by atoms with E-state index in [1.54, 1.807) is 62.6 Å². The number of hydrogen-bond acceptors (Lipinski definition) is 5. The van der Waals surface area contributed by atoms with Gasteiger partial charge in [-0.25, -0.2) is 5.48 Å². The van der Waals surface area contributed by atoms with Crippen LogP contribution in [0.25, 0.3) is 0 Å². The maximum atomic E-state index is 12.6. The van der Waals surface area contributed by atoms with Gasteiger partial charge >= 0.3 is 0 Å². The van der Waals surface area contributed by atoms with Crippen molar-refractivity contribution < 1.29 is 19.9 Å². The summed E-state index contributed by atoms with van der Waals surface area (Å²) in [5, 5.41) is 20.7. The molecule has 0 saturated heterocycles. The van der Waals surface area contributed by atoms with Crippen LogP contribution >= 0.6 is 0 Å². The molecule has 154 valence electrons. The van der Waals surface area contributed by atoms with Crippen LogP contribution in [-0.4, -0.2) is 59.3 Å². The minimum atomic E-state index is -0.963. The van der Waals surface area contributed by atoms with Gasteiger partial charge in [0.1, 0.15) is 6.04 Å². The average Bonchev–Trinajstić information content (AvgIpc) is 3.47. The fourth-order valence-corrected chi connectivity index (χ4v) is 2.66. The van der Waals surface area contributed by atoms with E-state index >= 15 is 0 Å². The molecule has 2 amide bonds. The molecule has 1 saturated carbocycles. The molecule has 1 aromatic carbocycles. The largest absolute Gasteiger partial charge is 0.396 e. The Bertz CT molecular complexity index is 869. The molecule has 0 bridgehead atoms. The molecular weight excluding hydrogens is 370 g/mol. The van der Waals surface area contributed by atoms with Crippen LogP contribution in [-0.2, 0) is 4.79 Å². The van der Waals surface area contributed by atoms with Crippen molar-refractivity contribution in [2.24, 2.45) is 11.8 Å². The van der Waals surface area contributed by atoms with Crippen LogP contribution in [0.4, 0.5) is 0 Å². The predicted octanol–water partition coefficient (Wildman–Crippen LogP) is 0.614. The fourth-order valence-electron chi connectivity index (χ4n) is 2.66. The van der Waals surface area contributed by atoms with Crippen LogP contribution in [0.5, 0.6) is 0 Å². The minimum Gasteiger partial charge on any atom is -0.396 e. The van der Waals surface area contributed by atoms with Gasteiger partial charge in [-0.2, -0.15) is 0 Å². The van der Waals surface area contributed by atoms with Gasteiger partial charge in [0.25, 0.3) is 11.8 Å². The van der Waals surface area contributed by atoms with Crippen molar-refractivity contribution in [2.75, 3.05) is 20.7 Å². The number of nitrogens with zero attached hydrogens (tertiary/aromatic N) is 1. The summed E-state index contributed by atoms with van der Waals surface area (Å²) in [7, 11) is 3.57. The Hall–Kier alpha value is -2.84. The molecule has 1 aliphatic carbocycles. The molecule has 29 heavy (non-hydrogen) atoms. The molecular formula is C22H27N3O4. The zero-order valence-corrected chi connectivity index (χ0v) is 17.1. The van der Waals surface area contributed by atoms with E-state index in [1.807, 2.05) is 0 Å². The molecule has 1 aromatic rings. The standard InChI is InChI=1S/C22H27N3O4/c1-22(2,25(3)4)19(21(28)24-29)23-20(27)16-11-9-15(10-12-16)7-5-6-8-17-13-18(17)14-26/h9-12,17-19,26,29H,13-14H2,1-4H3,(H,23,27)(H,24,28)/t17-,18+,19-/m1/s1. The number of aliphatic hydroxyl groups excluding tert-OH is 1. The lowest BCUT2D eigenvalue weighted by Gasteiger charge is -2.38. The van der Waals surface area contributed by atoms with E-state index in [0.717, 1.165) is 6.42 Å². The normalized spacial score (nSPS) is 18.6. The van der Waals surface area contributed by atoms with Crippen molar-refractivity contribution in [3.05, 3.63) is 35.4 Å². The van der Waals surface area contributed by atoms with Crippen LogP contribution in [0.3, 0.4) is 0 Å². The first-order valence-corrected chi connectivity index (χ1v) is 9.35. The monoisotopic (exact) mass is 397 g/mol. The molecule has 2 rings (SSSR count). The van der Waals surface area contributed by atoms with Gasteiger partial charge in [0.2, 0.25) is 0 Å². The van der Waals surface area contributed by atoms with Crippen molar-refractivity contribution in [3.63, 3.8) is 0 Å². The van der Waals surface area contributed by atoms with E-state index in [2.05, 4.69) is 29.0 Å². The third kappa shape index (κ3) is 5.82. The molecule has 7 heteroatoms. The maximum Gasteiger partial charge on any atom is 0.267 e. The second-order valence-electron chi connectivity index (χ2n) is 7.81. The average molecular weight is 397 g/mol. The van der Waals surface area contributed by atoms with Crippen molar-refractivity contribution in [1.82, 2.24) is 15.7 Å². The predicted molar refractivity (Wildman–Crippen MR) is 109 cm³/mol. The highest BCUT2D eigenvalue weighted by Gasteiger charge is 2.38. The summed E-state index contributed by atoms with van der Waals surface area (Å²) >= 11 is 0. The summed E-state index contributed by atoms with van der Waals surface area (Å²) in [5.41, 5.74) is 1.96. The minimum absolute atomic E-state index is 0.169. The number of hydroxylamine groups is 1. The Balaban J connectivity index is 2.05. The van der Waals surface area contributed by atoms with E-state index in [4.69, 9.17) is 10.3 Å². The molecule has 3 atom stereocenters. The Morgan fingerprint density at radius 3 is 2.41 bits per heavy atom. The quantitative estimate of drug-likeness (QED) is 0.320. The van der Waals surface area contributed by atoms with Gasteiger partial charge in [0.15, 0.2) is 0 Å². The van der Waals surface area contributed by atoms with Crippen LogP contribution in [0.2, 0.25) is 0 Å². The van der Waals surface area contributed by atoms with Crippen molar-refractivity contribution in [3.8, 4) is 23.7 Å². The third-order valence-electron chi connectivity index (χ3n) is 5.34. The molecule has 0 unspecified atom stereocenters. The zero-order chi connectivity index (χ0) is 21.6. The fraction of sp³-hybridized carbons (Fsp3) is 0.455. The number of amides is 2. The smallest absolute Gasteiger partial charge is 0.267 e. The first-order valence-electron chi connectivity index (χ1n) is 9.35. The van der Waals surface area contributed by atoms with Gasteiger partial charge in [-0.1, -0.05) is 11.8 Å². The topological polar surface area (TPSA) is 102 Å². The number of carbonyl (C=O) groups is 2. The Morgan fingerprint density at radius 2 is 1.90 bits per heavy atom. The van der Waals surface area contributed by atoms with E-state index in [1.165, 1.54) is 0 Å². The van der Waals surface area contributed by atoms with Crippen molar-refractivity contribution in [1.29, 1.82) is 0 Å². The van der Waals surface area contributed by atoms with Gasteiger partial charge in [0, 0.05) is 29.2 Å². The number of likely N-dealkylation sites (N-methyl/N-ethyl adjacent to an activating group) is 1. The number of carbonyl (C=O) groups excluding carboxylic acids is 2. The van der Waals surface area contributed by atoms with Gasteiger partial charge in [-0.3, -0.25) is 14.8 Å². The van der Waals surface area contributed by atoms with Crippen molar-refractivity contribution >= 4 is 11.8 Å². The third-order valence-corrected chi connectivity index (χ3v) is 5.34. The molecule has 7 nitrogen and oxygen atoms in total. The van der Waals surface area contributed by atoms with Gasteiger partial charge in [0.05, 0.1) is 0 Å². The molecule has 1 fully saturated rings. The van der Waals surface area contributed by atoms with E-state index in [-0.39, 0.29) is 18.4 Å². The maximum absolute atomic E-state index is 12.6. The summed E-state index contributed by atoms with van der Waals surface area (Å²) in [5.74, 6) is 10.9. The SMILES string of the molecule is CN(C)C(C)(C)[C@H](NC(=O)c1ccc(C#CC#C[C@@H]2C[C@H]2CO)cc1)C(=O)NO. The molecule has 0 aromatic heterocycles. The highest BCUT2D eigenvalue weighted by atomic mass is 16.5. The van der Waals surface area contributed by atoms with Crippen LogP contribution in [0, 0.1) is 35.5 Å². The molecule has 4 N–H and O–H groups in total. The van der Waals surface area contributed by atoms with E-state index in [9.17, 15) is 9.59 Å². The van der Waals surface area contributed by atoms with Gasteiger partial charge in [-0.15, -0.1) is 0 Å². The first-order chi connectivity index (χ1) is 13.7. The first kappa shape index (κ1) is 22.4. The molecule has 0 spiro atoms. The van der Waals surface area contributed by atoms with Crippen molar-refractivity contribution in [2.45, 2.75) is 31.8 Å². The zero-order valence-electron chi connectivity index (χ0n) is 17.1. The van der Waals surface area contributed by atoms with Gasteiger partial charge < -0.3 is 15.3 Å². The Labute approximate surface area is 171 Å². The Kier molecular flexibility index (Phi) is 7.41. The number of aliphatic hydroxyl groups is 1. The van der Waals surface area contributed by atoms with E-state index < -0.39 is 23.4 Å². The van der Waals surface area contributed by atoms with Gasteiger partial charge in [-0.05, 0) is 76.4 Å². The highest BCUT2D eigenvalue weighted by molar-refractivity contribution is 5.97. The number of hydrogen-bond donors (Lipinski definition) is 4. The van der Waals surface area contributed by atoms with Crippen LogP contribution < -0.4 is 10.8 Å². The lowest BCUT2D eigenvalue weighted by Crippen LogP contribution is -2.62. The molecule has 1 aliphatic rings. The van der Waals surface area contributed by atoms with E-state index in [0.29, 0.717) is 11.1 Å². The second kappa shape index (κ2) is 9.58. The summed E-state index contributed by atoms with van der Waals surface area (Å²) in [6.07, 6.45) is 0.926. The lowest BCUT2D eigenvalue weighted by molar-refractivity contribution is -0.134. The summed E-state index contributed by atoms with van der Waals surface area (Å²) in [6, 6.07) is 5.68. The molecule has 0 aliphatic heterocycles. The number of rotatable bonds is 6. The summed E-state index contributed by atoms with van der Waals surface area (Å²) < 4.78 is 0. The highest BCUT2D eigenvalue weighted by Crippen LogP contribution is 2.36. The van der Waals surface area contributed by atoms with Crippen LogP contribution in [0.1, 0.15) is 36.2 Å². The number of nitrogens with one attached hydrogen (secondary N) is 2. The lowest BCUT2D eigenvalue weighted by atomic mass is 9.92. The molecule has 0 radical (unpaired) electrons. The second-order valence-corrected chi connectivity index (χ2v) is 7.81.